The first kappa shape index (κ1) is 18.4. The molecule has 1 atom stereocenters. The van der Waals surface area contributed by atoms with Gasteiger partial charge in [0.1, 0.15) is 30.1 Å². The molecule has 0 saturated heterocycles. The van der Waals surface area contributed by atoms with Crippen LogP contribution in [0.2, 0.25) is 0 Å². The van der Waals surface area contributed by atoms with Crippen LogP contribution >= 0.6 is 0 Å². The van der Waals surface area contributed by atoms with Crippen molar-refractivity contribution < 1.29 is 9.84 Å². The molecule has 6 nitrogen and oxygen atoms in total. The minimum atomic E-state index is -0.565. The predicted molar refractivity (Wildman–Crippen MR) is 94.1 cm³/mol. The van der Waals surface area contributed by atoms with E-state index in [1.165, 1.54) is 0 Å². The lowest BCUT2D eigenvalue weighted by molar-refractivity contribution is 0.0729. The first-order valence-electron chi connectivity index (χ1n) is 8.31. The SMILES string of the molecule is Cc1nnc(CN(C)CC(O)COc2ccccc2C(C)C)n1C. The summed E-state index contributed by atoms with van der Waals surface area (Å²) in [6, 6.07) is 7.98. The van der Waals surface area contributed by atoms with Crippen molar-refractivity contribution in [1.82, 2.24) is 19.7 Å². The Kier molecular flexibility index (Phi) is 6.34. The first-order chi connectivity index (χ1) is 11.4. The average molecular weight is 332 g/mol. The highest BCUT2D eigenvalue weighted by atomic mass is 16.5. The Morgan fingerprint density at radius 2 is 1.96 bits per heavy atom. The lowest BCUT2D eigenvalue weighted by Gasteiger charge is -2.21. The van der Waals surface area contributed by atoms with Crippen molar-refractivity contribution in [2.45, 2.75) is 39.3 Å². The molecule has 0 aliphatic rings. The predicted octanol–water partition coefficient (Wildman–Crippen LogP) is 2.12. The quantitative estimate of drug-likeness (QED) is 0.802. The number of rotatable bonds is 8. The van der Waals surface area contributed by atoms with Gasteiger partial charge in [0.15, 0.2) is 0 Å². The van der Waals surface area contributed by atoms with Crippen LogP contribution in [0.3, 0.4) is 0 Å². The lowest BCUT2D eigenvalue weighted by Crippen LogP contribution is -2.33. The third-order valence-electron chi connectivity index (χ3n) is 4.09. The molecule has 0 saturated carbocycles. The highest BCUT2D eigenvalue weighted by molar-refractivity contribution is 5.35. The smallest absolute Gasteiger partial charge is 0.146 e. The van der Waals surface area contributed by atoms with Crippen molar-refractivity contribution in [2.75, 3.05) is 20.2 Å². The van der Waals surface area contributed by atoms with Crippen LogP contribution in [-0.4, -0.2) is 51.1 Å². The van der Waals surface area contributed by atoms with Crippen LogP contribution in [-0.2, 0) is 13.6 Å². The molecule has 0 amide bonds. The van der Waals surface area contributed by atoms with Crippen LogP contribution in [0, 0.1) is 6.92 Å². The molecule has 1 aromatic heterocycles. The van der Waals surface area contributed by atoms with Crippen molar-refractivity contribution in [3.05, 3.63) is 41.5 Å². The number of likely N-dealkylation sites (N-methyl/N-ethyl adjacent to an activating group) is 1. The maximum Gasteiger partial charge on any atom is 0.146 e. The van der Waals surface area contributed by atoms with E-state index in [4.69, 9.17) is 4.74 Å². The second-order valence-corrected chi connectivity index (χ2v) is 6.58. The Hall–Kier alpha value is -1.92. The van der Waals surface area contributed by atoms with Gasteiger partial charge in [-0.2, -0.15) is 0 Å². The molecule has 0 fully saturated rings. The van der Waals surface area contributed by atoms with E-state index < -0.39 is 6.10 Å². The number of nitrogens with zero attached hydrogens (tertiary/aromatic N) is 4. The number of aliphatic hydroxyl groups is 1. The van der Waals surface area contributed by atoms with Gasteiger partial charge in [0.05, 0.1) is 6.54 Å². The summed E-state index contributed by atoms with van der Waals surface area (Å²) in [5.41, 5.74) is 1.16. The van der Waals surface area contributed by atoms with Gasteiger partial charge in [-0.3, -0.25) is 4.90 Å². The summed E-state index contributed by atoms with van der Waals surface area (Å²) in [6.45, 7) is 7.61. The summed E-state index contributed by atoms with van der Waals surface area (Å²) >= 11 is 0. The molecule has 132 valence electrons. The zero-order valence-corrected chi connectivity index (χ0v) is 15.2. The molecule has 1 unspecified atom stereocenters. The fraction of sp³-hybridized carbons (Fsp3) is 0.556. The summed E-state index contributed by atoms with van der Waals surface area (Å²) in [5.74, 6) is 3.00. The fourth-order valence-electron chi connectivity index (χ4n) is 2.58. The van der Waals surface area contributed by atoms with Crippen LogP contribution < -0.4 is 4.74 Å². The summed E-state index contributed by atoms with van der Waals surface area (Å²) in [4.78, 5) is 2.02. The van der Waals surface area contributed by atoms with Gasteiger partial charge in [-0.25, -0.2) is 0 Å². The molecule has 0 bridgehead atoms. The number of hydrogen-bond acceptors (Lipinski definition) is 5. The van der Waals surface area contributed by atoms with Crippen LogP contribution in [0.4, 0.5) is 0 Å². The first-order valence-corrected chi connectivity index (χ1v) is 8.31. The van der Waals surface area contributed by atoms with E-state index in [0.717, 1.165) is 23.0 Å². The highest BCUT2D eigenvalue weighted by Crippen LogP contribution is 2.25. The molecule has 1 N–H and O–H groups in total. The van der Waals surface area contributed by atoms with Crippen molar-refractivity contribution in [3.63, 3.8) is 0 Å². The number of para-hydroxylation sites is 1. The third kappa shape index (κ3) is 4.79. The summed E-state index contributed by atoms with van der Waals surface area (Å²) < 4.78 is 7.79. The van der Waals surface area contributed by atoms with E-state index in [2.05, 4.69) is 30.1 Å². The van der Waals surface area contributed by atoms with E-state index in [1.54, 1.807) is 0 Å². The Labute approximate surface area is 144 Å². The summed E-state index contributed by atoms with van der Waals surface area (Å²) in [5, 5.41) is 18.4. The van der Waals surface area contributed by atoms with Crippen molar-refractivity contribution in [3.8, 4) is 5.75 Å². The maximum atomic E-state index is 10.3. The van der Waals surface area contributed by atoms with Crippen molar-refractivity contribution >= 4 is 0 Å². The molecule has 6 heteroatoms. The van der Waals surface area contributed by atoms with E-state index >= 15 is 0 Å². The van der Waals surface area contributed by atoms with Crippen LogP contribution in [0.5, 0.6) is 5.75 Å². The van der Waals surface area contributed by atoms with Gasteiger partial charge < -0.3 is 14.4 Å². The van der Waals surface area contributed by atoms with Gasteiger partial charge in [-0.1, -0.05) is 32.0 Å². The fourth-order valence-corrected chi connectivity index (χ4v) is 2.58. The number of ether oxygens (including phenoxy) is 1. The second kappa shape index (κ2) is 8.26. The normalized spacial score (nSPS) is 12.8. The third-order valence-corrected chi connectivity index (χ3v) is 4.09. The second-order valence-electron chi connectivity index (χ2n) is 6.58. The molecular formula is C18H28N4O2. The van der Waals surface area contributed by atoms with Crippen LogP contribution in [0.15, 0.2) is 24.3 Å². The Balaban J connectivity index is 1.85. The van der Waals surface area contributed by atoms with Gasteiger partial charge in [0.2, 0.25) is 0 Å². The largest absolute Gasteiger partial charge is 0.491 e. The molecule has 2 rings (SSSR count). The molecule has 0 spiro atoms. The number of aliphatic hydroxyl groups excluding tert-OH is 1. The maximum absolute atomic E-state index is 10.3. The number of benzene rings is 1. The van der Waals surface area contributed by atoms with Crippen molar-refractivity contribution in [1.29, 1.82) is 0 Å². The highest BCUT2D eigenvalue weighted by Gasteiger charge is 2.14. The standard InChI is InChI=1S/C18H28N4O2/c1-13(2)16-8-6-7-9-17(16)24-12-15(23)10-21(4)11-18-20-19-14(3)22(18)5/h6-9,13,15,23H,10-12H2,1-5H3. The van der Waals surface area contributed by atoms with Gasteiger partial charge in [-0.05, 0) is 31.5 Å². The number of aryl methyl sites for hydroxylation is 1. The Morgan fingerprint density at radius 3 is 2.58 bits per heavy atom. The Morgan fingerprint density at radius 1 is 1.25 bits per heavy atom. The Bertz CT molecular complexity index is 654. The van der Waals surface area contributed by atoms with E-state index in [-0.39, 0.29) is 6.61 Å². The summed E-state index contributed by atoms with van der Waals surface area (Å²) in [6.07, 6.45) is -0.565. The van der Waals surface area contributed by atoms with Gasteiger partial charge >= 0.3 is 0 Å². The van der Waals surface area contributed by atoms with Crippen molar-refractivity contribution in [2.24, 2.45) is 7.05 Å². The molecule has 1 heterocycles. The molecule has 0 aliphatic carbocycles. The van der Waals surface area contributed by atoms with Crippen LogP contribution in [0.1, 0.15) is 37.0 Å². The molecule has 1 aromatic carbocycles. The van der Waals surface area contributed by atoms with E-state index in [1.807, 2.05) is 48.7 Å². The van der Waals surface area contributed by atoms with Crippen LogP contribution in [0.25, 0.3) is 0 Å². The minimum absolute atomic E-state index is 0.270. The van der Waals surface area contributed by atoms with Gasteiger partial charge in [0.25, 0.3) is 0 Å². The molecule has 0 radical (unpaired) electrons. The number of hydrogen-bond donors (Lipinski definition) is 1. The van der Waals surface area contributed by atoms with Gasteiger partial charge in [-0.15, -0.1) is 10.2 Å². The topological polar surface area (TPSA) is 63.4 Å². The molecule has 0 aliphatic heterocycles. The lowest BCUT2D eigenvalue weighted by atomic mass is 10.0. The van der Waals surface area contributed by atoms with E-state index in [9.17, 15) is 5.11 Å². The molecular weight excluding hydrogens is 304 g/mol. The minimum Gasteiger partial charge on any atom is -0.491 e. The summed E-state index contributed by atoms with van der Waals surface area (Å²) in [7, 11) is 3.90. The van der Waals surface area contributed by atoms with E-state index in [0.29, 0.717) is 19.0 Å². The zero-order valence-electron chi connectivity index (χ0n) is 15.2. The average Bonchev–Trinajstić information content (AvgIpc) is 2.85. The number of aromatic nitrogens is 3. The van der Waals surface area contributed by atoms with Gasteiger partial charge in [0, 0.05) is 13.6 Å². The molecule has 24 heavy (non-hydrogen) atoms. The zero-order chi connectivity index (χ0) is 17.7. The molecule has 2 aromatic rings. The monoisotopic (exact) mass is 332 g/mol.